The third-order valence-electron chi connectivity index (χ3n) is 2.68. The summed E-state index contributed by atoms with van der Waals surface area (Å²) in [6, 6.07) is 6.25. The van der Waals surface area contributed by atoms with Crippen LogP contribution in [0, 0.1) is 12.8 Å². The van der Waals surface area contributed by atoms with E-state index in [1.54, 1.807) is 7.11 Å². The van der Waals surface area contributed by atoms with E-state index < -0.39 is 0 Å². The summed E-state index contributed by atoms with van der Waals surface area (Å²) in [4.78, 5) is 0. The third kappa shape index (κ3) is 3.83. The summed E-state index contributed by atoms with van der Waals surface area (Å²) in [5.41, 5.74) is 8.01. The lowest BCUT2D eigenvalue weighted by molar-refractivity contribution is 0.411. The van der Waals surface area contributed by atoms with Crippen LogP contribution in [-0.2, 0) is 6.54 Å². The Kier molecular flexibility index (Phi) is 5.29. The van der Waals surface area contributed by atoms with E-state index >= 15 is 0 Å². The van der Waals surface area contributed by atoms with Crippen molar-refractivity contribution in [1.82, 2.24) is 5.32 Å². The van der Waals surface area contributed by atoms with Crippen LogP contribution < -0.4 is 15.8 Å². The van der Waals surface area contributed by atoms with E-state index in [1.165, 1.54) is 11.1 Å². The van der Waals surface area contributed by atoms with Crippen molar-refractivity contribution in [2.75, 3.05) is 20.2 Å². The van der Waals surface area contributed by atoms with Crippen LogP contribution in [0.15, 0.2) is 18.2 Å². The monoisotopic (exact) mass is 222 g/mol. The van der Waals surface area contributed by atoms with Crippen molar-refractivity contribution in [2.45, 2.75) is 20.4 Å². The minimum atomic E-state index is 0.527. The zero-order valence-electron chi connectivity index (χ0n) is 10.4. The van der Waals surface area contributed by atoms with Crippen LogP contribution in [0.3, 0.4) is 0 Å². The Balaban J connectivity index is 2.46. The molecule has 0 saturated carbocycles. The normalized spacial score (nSPS) is 12.5. The van der Waals surface area contributed by atoms with E-state index in [2.05, 4.69) is 31.3 Å². The molecule has 0 fully saturated rings. The van der Waals surface area contributed by atoms with Gasteiger partial charge in [0.05, 0.1) is 7.11 Å². The standard InChI is InChI=1S/C13H22N2O/c1-10(7-14)8-15-9-12-4-5-13(16-3)11(2)6-12/h4-6,10,15H,7-9,14H2,1-3H3. The molecular formula is C13H22N2O. The summed E-state index contributed by atoms with van der Waals surface area (Å²) in [7, 11) is 1.70. The number of ether oxygens (including phenoxy) is 1. The second kappa shape index (κ2) is 6.51. The number of hydrogen-bond donors (Lipinski definition) is 2. The van der Waals surface area contributed by atoms with Gasteiger partial charge >= 0.3 is 0 Å². The van der Waals surface area contributed by atoms with Gasteiger partial charge < -0.3 is 15.8 Å². The van der Waals surface area contributed by atoms with Crippen molar-refractivity contribution >= 4 is 0 Å². The summed E-state index contributed by atoms with van der Waals surface area (Å²) in [6.45, 7) is 6.78. The van der Waals surface area contributed by atoms with Gasteiger partial charge in [0, 0.05) is 6.54 Å². The Hall–Kier alpha value is -1.06. The Morgan fingerprint density at radius 1 is 1.44 bits per heavy atom. The van der Waals surface area contributed by atoms with Gasteiger partial charge in [0.1, 0.15) is 5.75 Å². The van der Waals surface area contributed by atoms with Gasteiger partial charge in [-0.1, -0.05) is 19.1 Å². The quantitative estimate of drug-likeness (QED) is 0.770. The van der Waals surface area contributed by atoms with Gasteiger partial charge in [-0.25, -0.2) is 0 Å². The number of aryl methyl sites for hydroxylation is 1. The Labute approximate surface area is 98.0 Å². The van der Waals surface area contributed by atoms with Gasteiger partial charge in [-0.2, -0.15) is 0 Å². The van der Waals surface area contributed by atoms with Gasteiger partial charge in [0.2, 0.25) is 0 Å². The van der Waals surface area contributed by atoms with Crippen LogP contribution in [0.1, 0.15) is 18.1 Å². The zero-order valence-corrected chi connectivity index (χ0v) is 10.4. The molecule has 0 aliphatic rings. The first-order chi connectivity index (χ1) is 7.67. The Morgan fingerprint density at radius 3 is 2.75 bits per heavy atom. The molecule has 0 aromatic heterocycles. The van der Waals surface area contributed by atoms with Gasteiger partial charge in [0.25, 0.3) is 0 Å². The summed E-state index contributed by atoms with van der Waals surface area (Å²) in [5, 5.41) is 3.40. The van der Waals surface area contributed by atoms with E-state index in [1.807, 2.05) is 6.07 Å². The second-order valence-electron chi connectivity index (χ2n) is 4.28. The van der Waals surface area contributed by atoms with Crippen LogP contribution in [-0.4, -0.2) is 20.2 Å². The van der Waals surface area contributed by atoms with Crippen molar-refractivity contribution in [3.05, 3.63) is 29.3 Å². The number of nitrogens with one attached hydrogen (secondary N) is 1. The largest absolute Gasteiger partial charge is 0.496 e. The van der Waals surface area contributed by atoms with E-state index in [-0.39, 0.29) is 0 Å². The molecule has 0 saturated heterocycles. The molecular weight excluding hydrogens is 200 g/mol. The number of benzene rings is 1. The molecule has 3 nitrogen and oxygen atoms in total. The minimum absolute atomic E-state index is 0.527. The molecule has 16 heavy (non-hydrogen) atoms. The summed E-state index contributed by atoms with van der Waals surface area (Å²) < 4.78 is 5.22. The summed E-state index contributed by atoms with van der Waals surface area (Å²) >= 11 is 0. The molecule has 0 heterocycles. The Morgan fingerprint density at radius 2 is 2.19 bits per heavy atom. The highest BCUT2D eigenvalue weighted by Gasteiger charge is 2.01. The third-order valence-corrected chi connectivity index (χ3v) is 2.68. The van der Waals surface area contributed by atoms with E-state index in [4.69, 9.17) is 10.5 Å². The van der Waals surface area contributed by atoms with Crippen LogP contribution in [0.2, 0.25) is 0 Å². The highest BCUT2D eigenvalue weighted by atomic mass is 16.5. The van der Waals surface area contributed by atoms with Crippen molar-refractivity contribution in [3.63, 3.8) is 0 Å². The van der Waals surface area contributed by atoms with Gasteiger partial charge in [-0.05, 0) is 43.1 Å². The molecule has 3 heteroatoms. The van der Waals surface area contributed by atoms with E-state index in [9.17, 15) is 0 Å². The van der Waals surface area contributed by atoms with E-state index in [0.29, 0.717) is 5.92 Å². The lowest BCUT2D eigenvalue weighted by Gasteiger charge is -2.11. The molecule has 3 N–H and O–H groups in total. The molecule has 0 radical (unpaired) electrons. The van der Waals surface area contributed by atoms with Crippen molar-refractivity contribution in [2.24, 2.45) is 11.7 Å². The first kappa shape index (κ1) is 13.0. The topological polar surface area (TPSA) is 47.3 Å². The molecule has 0 spiro atoms. The molecule has 1 unspecified atom stereocenters. The van der Waals surface area contributed by atoms with Crippen LogP contribution in [0.5, 0.6) is 5.75 Å². The minimum Gasteiger partial charge on any atom is -0.496 e. The lowest BCUT2D eigenvalue weighted by Crippen LogP contribution is -2.25. The zero-order chi connectivity index (χ0) is 12.0. The van der Waals surface area contributed by atoms with Gasteiger partial charge in [-0.3, -0.25) is 0 Å². The number of hydrogen-bond acceptors (Lipinski definition) is 3. The molecule has 90 valence electrons. The highest BCUT2D eigenvalue weighted by Crippen LogP contribution is 2.18. The highest BCUT2D eigenvalue weighted by molar-refractivity contribution is 5.36. The molecule has 1 atom stereocenters. The maximum absolute atomic E-state index is 5.56. The average Bonchev–Trinajstić information content (AvgIpc) is 2.29. The Bertz CT molecular complexity index is 326. The second-order valence-corrected chi connectivity index (χ2v) is 4.28. The molecule has 0 amide bonds. The summed E-state index contributed by atoms with van der Waals surface area (Å²) in [5.74, 6) is 1.47. The number of rotatable bonds is 6. The van der Waals surface area contributed by atoms with E-state index in [0.717, 1.165) is 25.4 Å². The number of methoxy groups -OCH3 is 1. The molecule has 1 aromatic rings. The predicted octanol–water partition coefficient (Wildman–Crippen LogP) is 1.69. The van der Waals surface area contributed by atoms with Crippen molar-refractivity contribution < 1.29 is 4.74 Å². The average molecular weight is 222 g/mol. The van der Waals surface area contributed by atoms with Gasteiger partial charge in [0.15, 0.2) is 0 Å². The smallest absolute Gasteiger partial charge is 0.121 e. The molecule has 0 bridgehead atoms. The fourth-order valence-corrected chi connectivity index (χ4v) is 1.60. The summed E-state index contributed by atoms with van der Waals surface area (Å²) in [6.07, 6.45) is 0. The predicted molar refractivity (Wildman–Crippen MR) is 67.7 cm³/mol. The maximum Gasteiger partial charge on any atom is 0.121 e. The molecule has 1 rings (SSSR count). The lowest BCUT2D eigenvalue weighted by atomic mass is 10.1. The van der Waals surface area contributed by atoms with Crippen molar-refractivity contribution in [3.8, 4) is 5.75 Å². The maximum atomic E-state index is 5.56. The van der Waals surface area contributed by atoms with Crippen molar-refractivity contribution in [1.29, 1.82) is 0 Å². The fourth-order valence-electron chi connectivity index (χ4n) is 1.60. The molecule has 1 aromatic carbocycles. The van der Waals surface area contributed by atoms with Crippen LogP contribution in [0.25, 0.3) is 0 Å². The van der Waals surface area contributed by atoms with Crippen LogP contribution in [0.4, 0.5) is 0 Å². The van der Waals surface area contributed by atoms with Crippen LogP contribution >= 0.6 is 0 Å². The molecule has 0 aliphatic carbocycles. The first-order valence-corrected chi connectivity index (χ1v) is 5.71. The fraction of sp³-hybridized carbons (Fsp3) is 0.538. The number of nitrogens with two attached hydrogens (primary N) is 1. The van der Waals surface area contributed by atoms with Gasteiger partial charge in [-0.15, -0.1) is 0 Å². The SMILES string of the molecule is COc1ccc(CNCC(C)CN)cc1C. The molecule has 0 aliphatic heterocycles. The first-order valence-electron chi connectivity index (χ1n) is 5.71.